The molecular weight excluding hydrogens is 256 g/mol. The summed E-state index contributed by atoms with van der Waals surface area (Å²) >= 11 is 5.27. The van der Waals surface area contributed by atoms with Gasteiger partial charge in [0.2, 0.25) is 0 Å². The van der Waals surface area contributed by atoms with Crippen molar-refractivity contribution in [2.24, 2.45) is 0 Å². The summed E-state index contributed by atoms with van der Waals surface area (Å²) < 4.78 is 5.57. The molecule has 0 saturated carbocycles. The van der Waals surface area contributed by atoms with Crippen molar-refractivity contribution in [2.75, 3.05) is 18.5 Å². The van der Waals surface area contributed by atoms with Gasteiger partial charge in [0.15, 0.2) is 5.11 Å². The summed E-state index contributed by atoms with van der Waals surface area (Å²) in [6, 6.07) is 8.37. The Morgan fingerprint density at radius 3 is 2.79 bits per heavy atom. The van der Waals surface area contributed by atoms with Crippen molar-refractivity contribution in [1.29, 1.82) is 0 Å². The molecule has 1 aliphatic heterocycles. The summed E-state index contributed by atoms with van der Waals surface area (Å²) in [5.41, 5.74) is 2.37. The maximum absolute atomic E-state index is 5.57. The van der Waals surface area contributed by atoms with Crippen LogP contribution in [-0.4, -0.2) is 24.4 Å². The molecule has 19 heavy (non-hydrogen) atoms. The summed E-state index contributed by atoms with van der Waals surface area (Å²) in [5, 5.41) is 7.11. The minimum absolute atomic E-state index is 0.416. The Bertz CT molecular complexity index is 399. The zero-order valence-electron chi connectivity index (χ0n) is 11.4. The summed E-state index contributed by atoms with van der Waals surface area (Å²) in [7, 11) is 0. The highest BCUT2D eigenvalue weighted by atomic mass is 32.1. The van der Waals surface area contributed by atoms with Crippen LogP contribution in [0.15, 0.2) is 24.3 Å². The van der Waals surface area contributed by atoms with Crippen LogP contribution in [0.1, 0.15) is 31.7 Å². The highest BCUT2D eigenvalue weighted by molar-refractivity contribution is 7.80. The molecule has 1 aromatic rings. The van der Waals surface area contributed by atoms with E-state index in [1.807, 2.05) is 0 Å². The SMILES string of the molecule is CCc1ccc(NC(=S)NCCC2CCCO2)cc1. The largest absolute Gasteiger partial charge is 0.378 e. The molecule has 1 unspecified atom stereocenters. The molecule has 0 radical (unpaired) electrons. The maximum atomic E-state index is 5.57. The van der Waals surface area contributed by atoms with Crippen LogP contribution < -0.4 is 10.6 Å². The smallest absolute Gasteiger partial charge is 0.170 e. The van der Waals surface area contributed by atoms with E-state index in [-0.39, 0.29) is 0 Å². The number of ether oxygens (including phenoxy) is 1. The fourth-order valence-electron chi connectivity index (χ4n) is 2.22. The average molecular weight is 278 g/mol. The highest BCUT2D eigenvalue weighted by Crippen LogP contribution is 2.14. The molecule has 0 aliphatic carbocycles. The van der Waals surface area contributed by atoms with Gasteiger partial charge in [-0.2, -0.15) is 0 Å². The lowest BCUT2D eigenvalue weighted by Crippen LogP contribution is -2.30. The van der Waals surface area contributed by atoms with Gasteiger partial charge in [0.05, 0.1) is 6.10 Å². The van der Waals surface area contributed by atoms with Gasteiger partial charge < -0.3 is 15.4 Å². The van der Waals surface area contributed by atoms with Gasteiger partial charge in [-0.25, -0.2) is 0 Å². The minimum Gasteiger partial charge on any atom is -0.378 e. The first-order valence-electron chi connectivity index (χ1n) is 7.03. The molecule has 0 spiro atoms. The number of rotatable bonds is 5. The Balaban J connectivity index is 1.68. The second kappa shape index (κ2) is 7.46. The second-order valence-electron chi connectivity index (χ2n) is 4.86. The van der Waals surface area contributed by atoms with Gasteiger partial charge in [-0.3, -0.25) is 0 Å². The van der Waals surface area contributed by atoms with Gasteiger partial charge in [0, 0.05) is 18.8 Å². The number of aryl methyl sites for hydroxylation is 1. The van der Waals surface area contributed by atoms with E-state index in [1.165, 1.54) is 18.4 Å². The molecule has 0 aromatic heterocycles. The molecule has 2 N–H and O–H groups in total. The molecule has 3 nitrogen and oxygen atoms in total. The van der Waals surface area contributed by atoms with Crippen LogP contribution in [0, 0.1) is 0 Å². The monoisotopic (exact) mass is 278 g/mol. The van der Waals surface area contributed by atoms with Crippen LogP contribution in [0.5, 0.6) is 0 Å². The second-order valence-corrected chi connectivity index (χ2v) is 5.26. The number of anilines is 1. The van der Waals surface area contributed by atoms with E-state index < -0.39 is 0 Å². The van der Waals surface area contributed by atoms with Crippen molar-refractivity contribution in [3.05, 3.63) is 29.8 Å². The first-order chi connectivity index (χ1) is 9.28. The van der Waals surface area contributed by atoms with E-state index in [0.717, 1.165) is 31.7 Å². The molecule has 1 aromatic carbocycles. The highest BCUT2D eigenvalue weighted by Gasteiger charge is 2.14. The van der Waals surface area contributed by atoms with E-state index in [0.29, 0.717) is 11.2 Å². The van der Waals surface area contributed by atoms with E-state index in [9.17, 15) is 0 Å². The third-order valence-corrected chi connectivity index (χ3v) is 3.64. The van der Waals surface area contributed by atoms with E-state index in [2.05, 4.69) is 41.8 Å². The van der Waals surface area contributed by atoms with Gasteiger partial charge in [-0.05, 0) is 55.6 Å². The first kappa shape index (κ1) is 14.3. The van der Waals surface area contributed by atoms with Gasteiger partial charge in [0.1, 0.15) is 0 Å². The molecular formula is C15H22N2OS. The molecule has 1 fully saturated rings. The molecule has 104 valence electrons. The Morgan fingerprint density at radius 1 is 1.37 bits per heavy atom. The van der Waals surface area contributed by atoms with Crippen molar-refractivity contribution < 1.29 is 4.74 Å². The average Bonchev–Trinajstić information content (AvgIpc) is 2.93. The van der Waals surface area contributed by atoms with Crippen LogP contribution in [0.3, 0.4) is 0 Å². The number of nitrogens with one attached hydrogen (secondary N) is 2. The lowest BCUT2D eigenvalue weighted by Gasteiger charge is -2.13. The fraction of sp³-hybridized carbons (Fsp3) is 0.533. The Hall–Kier alpha value is -1.13. The van der Waals surface area contributed by atoms with Crippen LogP contribution in [0.2, 0.25) is 0 Å². The lowest BCUT2D eigenvalue weighted by atomic mass is 10.1. The predicted octanol–water partition coefficient (Wildman–Crippen LogP) is 3.10. The number of hydrogen-bond acceptors (Lipinski definition) is 2. The molecule has 1 atom stereocenters. The molecule has 1 aliphatic rings. The van der Waals surface area contributed by atoms with Crippen LogP contribution in [-0.2, 0) is 11.2 Å². The third-order valence-electron chi connectivity index (χ3n) is 3.40. The predicted molar refractivity (Wildman–Crippen MR) is 83.6 cm³/mol. The molecule has 0 amide bonds. The summed E-state index contributed by atoms with van der Waals surface area (Å²) in [5.74, 6) is 0. The standard InChI is InChI=1S/C15H22N2OS/c1-2-12-5-7-13(8-6-12)17-15(19)16-10-9-14-4-3-11-18-14/h5-8,14H,2-4,9-11H2,1H3,(H2,16,17,19). The zero-order chi connectivity index (χ0) is 13.5. The van der Waals surface area contributed by atoms with Crippen LogP contribution in [0.25, 0.3) is 0 Å². The maximum Gasteiger partial charge on any atom is 0.170 e. The van der Waals surface area contributed by atoms with E-state index in [1.54, 1.807) is 0 Å². The Labute approximate surface area is 120 Å². The lowest BCUT2D eigenvalue weighted by molar-refractivity contribution is 0.105. The van der Waals surface area contributed by atoms with Crippen molar-refractivity contribution in [3.63, 3.8) is 0 Å². The van der Waals surface area contributed by atoms with Crippen molar-refractivity contribution in [1.82, 2.24) is 5.32 Å². The van der Waals surface area contributed by atoms with Gasteiger partial charge >= 0.3 is 0 Å². The molecule has 1 heterocycles. The molecule has 2 rings (SSSR count). The Kier molecular flexibility index (Phi) is 5.61. The molecule has 0 bridgehead atoms. The normalized spacial score (nSPS) is 18.3. The minimum atomic E-state index is 0.416. The molecule has 1 saturated heterocycles. The third kappa shape index (κ3) is 4.80. The Morgan fingerprint density at radius 2 is 2.16 bits per heavy atom. The van der Waals surface area contributed by atoms with E-state index in [4.69, 9.17) is 17.0 Å². The topological polar surface area (TPSA) is 33.3 Å². The number of thiocarbonyl (C=S) groups is 1. The van der Waals surface area contributed by atoms with E-state index >= 15 is 0 Å². The van der Waals surface area contributed by atoms with Crippen molar-refractivity contribution in [3.8, 4) is 0 Å². The quantitative estimate of drug-likeness (QED) is 0.811. The van der Waals surface area contributed by atoms with Gasteiger partial charge in [0.25, 0.3) is 0 Å². The van der Waals surface area contributed by atoms with Gasteiger partial charge in [-0.1, -0.05) is 19.1 Å². The fourth-order valence-corrected chi connectivity index (χ4v) is 2.44. The summed E-state index contributed by atoms with van der Waals surface area (Å²) in [6.45, 7) is 3.93. The number of benzene rings is 1. The zero-order valence-corrected chi connectivity index (χ0v) is 12.3. The van der Waals surface area contributed by atoms with Crippen LogP contribution >= 0.6 is 12.2 Å². The van der Waals surface area contributed by atoms with Crippen molar-refractivity contribution >= 4 is 23.0 Å². The summed E-state index contributed by atoms with van der Waals surface area (Å²) in [4.78, 5) is 0. The summed E-state index contributed by atoms with van der Waals surface area (Å²) in [6.07, 6.45) is 4.87. The van der Waals surface area contributed by atoms with Crippen molar-refractivity contribution in [2.45, 2.75) is 38.7 Å². The van der Waals surface area contributed by atoms with Crippen LogP contribution in [0.4, 0.5) is 5.69 Å². The van der Waals surface area contributed by atoms with Gasteiger partial charge in [-0.15, -0.1) is 0 Å². The molecule has 4 heteroatoms. The number of hydrogen-bond donors (Lipinski definition) is 2. The first-order valence-corrected chi connectivity index (χ1v) is 7.44.